The smallest absolute Gasteiger partial charge is 0.137 e. The third-order valence-corrected chi connectivity index (χ3v) is 3.42. The average molecular weight is 276 g/mol. The Bertz CT molecular complexity index is 555. The molecule has 0 saturated heterocycles. The van der Waals surface area contributed by atoms with E-state index in [4.69, 9.17) is 11.6 Å². The van der Waals surface area contributed by atoms with Gasteiger partial charge in [0.25, 0.3) is 0 Å². The van der Waals surface area contributed by atoms with Gasteiger partial charge < -0.3 is 4.90 Å². The molecular weight excluding hydrogens is 258 g/mol. The summed E-state index contributed by atoms with van der Waals surface area (Å²) in [5, 5.41) is 0.543. The van der Waals surface area contributed by atoms with E-state index in [1.54, 1.807) is 0 Å². The lowest BCUT2D eigenvalue weighted by molar-refractivity contribution is 0.849. The number of hydrogen-bond acceptors (Lipinski definition) is 3. The zero-order valence-corrected chi connectivity index (χ0v) is 12.3. The van der Waals surface area contributed by atoms with Gasteiger partial charge in [0, 0.05) is 25.6 Å². The van der Waals surface area contributed by atoms with Crippen molar-refractivity contribution in [3.05, 3.63) is 52.4 Å². The first-order chi connectivity index (χ1) is 9.11. The first kappa shape index (κ1) is 13.8. The van der Waals surface area contributed by atoms with E-state index in [1.165, 1.54) is 5.56 Å². The highest BCUT2D eigenvalue weighted by Crippen LogP contribution is 2.23. The van der Waals surface area contributed by atoms with Crippen LogP contribution >= 0.6 is 11.6 Å². The van der Waals surface area contributed by atoms with Crippen molar-refractivity contribution >= 4 is 17.4 Å². The Labute approximate surface area is 119 Å². The second-order valence-corrected chi connectivity index (χ2v) is 4.93. The molecule has 100 valence electrons. The van der Waals surface area contributed by atoms with E-state index in [9.17, 15) is 0 Å². The van der Waals surface area contributed by atoms with E-state index in [0.717, 1.165) is 30.2 Å². The van der Waals surface area contributed by atoms with Crippen LogP contribution in [0.1, 0.15) is 23.9 Å². The molecule has 4 heteroatoms. The van der Waals surface area contributed by atoms with Crippen LogP contribution in [-0.4, -0.2) is 17.0 Å². The SMILES string of the molecule is CCc1nc(Cl)c(C)c(N(C)Cc2ccccc2)n1. The Morgan fingerprint density at radius 3 is 2.47 bits per heavy atom. The van der Waals surface area contributed by atoms with Crippen molar-refractivity contribution in [2.45, 2.75) is 26.8 Å². The Hall–Kier alpha value is -1.61. The molecule has 2 rings (SSSR count). The van der Waals surface area contributed by atoms with Gasteiger partial charge in [-0.2, -0.15) is 0 Å². The number of benzene rings is 1. The summed E-state index contributed by atoms with van der Waals surface area (Å²) in [7, 11) is 2.03. The summed E-state index contributed by atoms with van der Waals surface area (Å²) in [5.74, 6) is 1.69. The van der Waals surface area contributed by atoms with E-state index >= 15 is 0 Å². The van der Waals surface area contributed by atoms with Gasteiger partial charge in [0.15, 0.2) is 0 Å². The fourth-order valence-electron chi connectivity index (χ4n) is 1.98. The molecule has 0 radical (unpaired) electrons. The number of aryl methyl sites for hydroxylation is 1. The van der Waals surface area contributed by atoms with Crippen LogP contribution in [0.3, 0.4) is 0 Å². The number of anilines is 1. The summed E-state index contributed by atoms with van der Waals surface area (Å²) < 4.78 is 0. The number of rotatable bonds is 4. The van der Waals surface area contributed by atoms with Crippen LogP contribution in [0.2, 0.25) is 5.15 Å². The summed E-state index contributed by atoms with van der Waals surface area (Å²) >= 11 is 6.17. The van der Waals surface area contributed by atoms with Crippen LogP contribution in [-0.2, 0) is 13.0 Å². The summed E-state index contributed by atoms with van der Waals surface area (Å²) in [6, 6.07) is 10.3. The average Bonchev–Trinajstić information content (AvgIpc) is 2.42. The fourth-order valence-corrected chi connectivity index (χ4v) is 2.16. The van der Waals surface area contributed by atoms with Crippen molar-refractivity contribution < 1.29 is 0 Å². The molecule has 0 fully saturated rings. The highest BCUT2D eigenvalue weighted by atomic mass is 35.5. The van der Waals surface area contributed by atoms with Gasteiger partial charge in [-0.25, -0.2) is 9.97 Å². The second kappa shape index (κ2) is 6.02. The first-order valence-electron chi connectivity index (χ1n) is 6.40. The molecule has 0 N–H and O–H groups in total. The van der Waals surface area contributed by atoms with Gasteiger partial charge in [-0.15, -0.1) is 0 Å². The largest absolute Gasteiger partial charge is 0.355 e. The number of halogens is 1. The lowest BCUT2D eigenvalue weighted by atomic mass is 10.2. The maximum absolute atomic E-state index is 6.17. The van der Waals surface area contributed by atoms with Gasteiger partial charge in [0.1, 0.15) is 16.8 Å². The highest BCUT2D eigenvalue weighted by Gasteiger charge is 2.12. The van der Waals surface area contributed by atoms with E-state index < -0.39 is 0 Å². The summed E-state index contributed by atoms with van der Waals surface area (Å²) in [6.45, 7) is 4.79. The van der Waals surface area contributed by atoms with E-state index in [-0.39, 0.29) is 0 Å². The molecule has 0 unspecified atom stereocenters. The van der Waals surface area contributed by atoms with Gasteiger partial charge in [0.2, 0.25) is 0 Å². The Balaban J connectivity index is 2.28. The first-order valence-corrected chi connectivity index (χ1v) is 6.77. The molecule has 0 bridgehead atoms. The summed E-state index contributed by atoms with van der Waals surface area (Å²) in [4.78, 5) is 11.0. The Morgan fingerprint density at radius 1 is 1.16 bits per heavy atom. The van der Waals surface area contributed by atoms with Crippen molar-refractivity contribution in [2.24, 2.45) is 0 Å². The minimum Gasteiger partial charge on any atom is -0.355 e. The van der Waals surface area contributed by atoms with Crippen LogP contribution in [0, 0.1) is 6.92 Å². The molecule has 1 heterocycles. The van der Waals surface area contributed by atoms with Gasteiger partial charge >= 0.3 is 0 Å². The van der Waals surface area contributed by atoms with Crippen molar-refractivity contribution in [2.75, 3.05) is 11.9 Å². The van der Waals surface area contributed by atoms with E-state index in [2.05, 4.69) is 27.0 Å². The van der Waals surface area contributed by atoms with Crippen molar-refractivity contribution in [1.29, 1.82) is 0 Å². The predicted octanol–water partition coefficient (Wildman–Crippen LogP) is 3.64. The second-order valence-electron chi connectivity index (χ2n) is 4.57. The fraction of sp³-hybridized carbons (Fsp3) is 0.333. The van der Waals surface area contributed by atoms with Crippen molar-refractivity contribution in [3.8, 4) is 0 Å². The maximum atomic E-state index is 6.17. The molecule has 2 aromatic rings. The number of hydrogen-bond donors (Lipinski definition) is 0. The van der Waals surface area contributed by atoms with Gasteiger partial charge in [0.05, 0.1) is 0 Å². The predicted molar refractivity (Wildman–Crippen MR) is 79.7 cm³/mol. The molecule has 1 aromatic heterocycles. The molecule has 19 heavy (non-hydrogen) atoms. The third kappa shape index (κ3) is 3.24. The van der Waals surface area contributed by atoms with Crippen LogP contribution in [0.4, 0.5) is 5.82 Å². The molecule has 0 atom stereocenters. The Kier molecular flexibility index (Phi) is 4.38. The minimum absolute atomic E-state index is 0.543. The topological polar surface area (TPSA) is 29.0 Å². The van der Waals surface area contributed by atoms with Crippen molar-refractivity contribution in [1.82, 2.24) is 9.97 Å². The highest BCUT2D eigenvalue weighted by molar-refractivity contribution is 6.30. The summed E-state index contributed by atoms with van der Waals surface area (Å²) in [6.07, 6.45) is 0.784. The van der Waals surface area contributed by atoms with Gasteiger partial charge in [-0.05, 0) is 12.5 Å². The van der Waals surface area contributed by atoms with Gasteiger partial charge in [-0.1, -0.05) is 48.9 Å². The number of nitrogens with zero attached hydrogens (tertiary/aromatic N) is 3. The molecule has 3 nitrogen and oxygen atoms in total. The van der Waals surface area contributed by atoms with Crippen molar-refractivity contribution in [3.63, 3.8) is 0 Å². The van der Waals surface area contributed by atoms with Gasteiger partial charge in [-0.3, -0.25) is 0 Å². The monoisotopic (exact) mass is 275 g/mol. The quantitative estimate of drug-likeness (QED) is 0.798. The molecule has 1 aromatic carbocycles. The molecule has 0 saturated carbocycles. The lowest BCUT2D eigenvalue weighted by Crippen LogP contribution is -2.20. The molecular formula is C15H18ClN3. The molecule has 0 aliphatic heterocycles. The summed E-state index contributed by atoms with van der Waals surface area (Å²) in [5.41, 5.74) is 2.18. The number of aromatic nitrogens is 2. The zero-order valence-electron chi connectivity index (χ0n) is 11.5. The van der Waals surface area contributed by atoms with E-state index in [0.29, 0.717) is 5.15 Å². The molecule has 0 aliphatic carbocycles. The zero-order chi connectivity index (χ0) is 13.8. The van der Waals surface area contributed by atoms with Crippen LogP contribution < -0.4 is 4.90 Å². The van der Waals surface area contributed by atoms with Crippen LogP contribution in [0.5, 0.6) is 0 Å². The Morgan fingerprint density at radius 2 is 1.84 bits per heavy atom. The molecule has 0 amide bonds. The molecule has 0 spiro atoms. The van der Waals surface area contributed by atoms with Crippen LogP contribution in [0.15, 0.2) is 30.3 Å². The minimum atomic E-state index is 0.543. The standard InChI is InChI=1S/C15H18ClN3/c1-4-13-17-14(16)11(2)15(18-13)19(3)10-12-8-6-5-7-9-12/h5-9H,4,10H2,1-3H3. The third-order valence-electron chi connectivity index (χ3n) is 3.05. The normalized spacial score (nSPS) is 10.5. The lowest BCUT2D eigenvalue weighted by Gasteiger charge is -2.21. The maximum Gasteiger partial charge on any atom is 0.137 e. The van der Waals surface area contributed by atoms with Crippen LogP contribution in [0.25, 0.3) is 0 Å². The van der Waals surface area contributed by atoms with E-state index in [1.807, 2.05) is 39.1 Å². The molecule has 0 aliphatic rings.